The van der Waals surface area contributed by atoms with Gasteiger partial charge in [-0.15, -0.1) is 0 Å². The number of anilines is 1. The molecule has 2 rings (SSSR count). The summed E-state index contributed by atoms with van der Waals surface area (Å²) in [5, 5.41) is 21.4. The fourth-order valence-electron chi connectivity index (χ4n) is 1.99. The Balaban J connectivity index is 2.34. The predicted molar refractivity (Wildman–Crippen MR) is 75.6 cm³/mol. The van der Waals surface area contributed by atoms with Crippen LogP contribution < -0.4 is 5.32 Å². The second-order valence-electron chi connectivity index (χ2n) is 4.79. The highest BCUT2D eigenvalue weighted by Crippen LogP contribution is 2.27. The number of benzene rings is 2. The van der Waals surface area contributed by atoms with E-state index in [0.717, 1.165) is 5.56 Å². The molecule has 102 valence electrons. The molecule has 0 amide bonds. The lowest BCUT2D eigenvalue weighted by atomic mass is 9.92. The first-order chi connectivity index (χ1) is 9.59. The van der Waals surface area contributed by atoms with Crippen LogP contribution in [0, 0.1) is 17.1 Å². The molecule has 0 saturated heterocycles. The van der Waals surface area contributed by atoms with Gasteiger partial charge in [-0.2, -0.15) is 5.26 Å². The SMILES string of the molecule is CC(CO)(Nc1ccc(C#N)cc1F)c1ccccc1. The minimum atomic E-state index is -0.795. The topological polar surface area (TPSA) is 56.0 Å². The molecule has 0 saturated carbocycles. The predicted octanol–water partition coefficient (Wildman–Crippen LogP) is 3.02. The first-order valence-electron chi connectivity index (χ1n) is 6.23. The molecule has 1 atom stereocenters. The van der Waals surface area contributed by atoms with E-state index in [1.807, 2.05) is 36.4 Å². The fourth-order valence-corrected chi connectivity index (χ4v) is 1.99. The van der Waals surface area contributed by atoms with Crippen LogP contribution in [-0.2, 0) is 5.54 Å². The molecule has 1 unspecified atom stereocenters. The smallest absolute Gasteiger partial charge is 0.147 e. The largest absolute Gasteiger partial charge is 0.394 e. The van der Waals surface area contributed by atoms with Gasteiger partial charge in [-0.3, -0.25) is 0 Å². The first-order valence-corrected chi connectivity index (χ1v) is 6.23. The second-order valence-corrected chi connectivity index (χ2v) is 4.79. The molecular formula is C16H15FN2O. The van der Waals surface area contributed by atoms with Crippen molar-refractivity contribution in [2.24, 2.45) is 0 Å². The van der Waals surface area contributed by atoms with Crippen molar-refractivity contribution in [2.45, 2.75) is 12.5 Å². The van der Waals surface area contributed by atoms with Crippen molar-refractivity contribution in [3.8, 4) is 6.07 Å². The van der Waals surface area contributed by atoms with Crippen LogP contribution in [0.4, 0.5) is 10.1 Å². The van der Waals surface area contributed by atoms with Gasteiger partial charge in [-0.25, -0.2) is 4.39 Å². The Labute approximate surface area is 117 Å². The van der Waals surface area contributed by atoms with Crippen molar-refractivity contribution in [2.75, 3.05) is 11.9 Å². The van der Waals surface area contributed by atoms with Gasteiger partial charge in [0.15, 0.2) is 0 Å². The summed E-state index contributed by atoms with van der Waals surface area (Å²) in [6.07, 6.45) is 0. The van der Waals surface area contributed by atoms with Crippen LogP contribution in [0.25, 0.3) is 0 Å². The van der Waals surface area contributed by atoms with Crippen molar-refractivity contribution in [1.29, 1.82) is 5.26 Å². The van der Waals surface area contributed by atoms with Crippen molar-refractivity contribution in [3.05, 3.63) is 65.5 Å². The highest BCUT2D eigenvalue weighted by molar-refractivity contribution is 5.52. The van der Waals surface area contributed by atoms with E-state index in [9.17, 15) is 9.50 Å². The monoisotopic (exact) mass is 270 g/mol. The van der Waals surface area contributed by atoms with Crippen molar-refractivity contribution in [3.63, 3.8) is 0 Å². The minimum Gasteiger partial charge on any atom is -0.394 e. The molecule has 0 aliphatic heterocycles. The molecule has 0 aromatic heterocycles. The van der Waals surface area contributed by atoms with Crippen molar-refractivity contribution >= 4 is 5.69 Å². The van der Waals surface area contributed by atoms with Crippen molar-refractivity contribution < 1.29 is 9.50 Å². The number of nitrogens with one attached hydrogen (secondary N) is 1. The summed E-state index contributed by atoms with van der Waals surface area (Å²) < 4.78 is 13.9. The lowest BCUT2D eigenvalue weighted by Gasteiger charge is -2.30. The van der Waals surface area contributed by atoms with Gasteiger partial charge in [0, 0.05) is 0 Å². The molecule has 3 nitrogen and oxygen atoms in total. The average molecular weight is 270 g/mol. The molecule has 0 aliphatic rings. The molecule has 0 aliphatic carbocycles. The number of aliphatic hydroxyl groups excluding tert-OH is 1. The maximum Gasteiger partial charge on any atom is 0.147 e. The molecule has 4 heteroatoms. The number of halogens is 1. The third-order valence-corrected chi connectivity index (χ3v) is 3.24. The number of nitriles is 1. The zero-order chi connectivity index (χ0) is 14.6. The Morgan fingerprint density at radius 1 is 1.25 bits per heavy atom. The van der Waals surface area contributed by atoms with E-state index in [4.69, 9.17) is 5.26 Å². The molecule has 2 N–H and O–H groups in total. The second kappa shape index (κ2) is 5.72. The van der Waals surface area contributed by atoms with Crippen molar-refractivity contribution in [1.82, 2.24) is 0 Å². The summed E-state index contributed by atoms with van der Waals surface area (Å²) in [6, 6.07) is 15.4. The molecule has 20 heavy (non-hydrogen) atoms. The average Bonchev–Trinajstić information content (AvgIpc) is 2.50. The molecule has 0 bridgehead atoms. The number of nitrogens with zero attached hydrogens (tertiary/aromatic N) is 1. The normalized spacial score (nSPS) is 13.3. The van der Waals surface area contributed by atoms with Gasteiger partial charge in [0.25, 0.3) is 0 Å². The molecule has 0 radical (unpaired) electrons. The minimum absolute atomic E-state index is 0.184. The van der Waals surface area contributed by atoms with Gasteiger partial charge in [0.1, 0.15) is 5.82 Å². The molecular weight excluding hydrogens is 255 g/mol. The van der Waals surface area contributed by atoms with E-state index in [-0.39, 0.29) is 17.9 Å². The van der Waals surface area contributed by atoms with Crippen LogP contribution in [0.15, 0.2) is 48.5 Å². The standard InChI is InChI=1S/C16H15FN2O/c1-16(11-20,13-5-3-2-4-6-13)19-15-8-7-12(10-18)9-14(15)17/h2-9,19-20H,11H2,1H3. The Kier molecular flexibility index (Phi) is 4.02. The summed E-state index contributed by atoms with van der Waals surface area (Å²) in [4.78, 5) is 0. The van der Waals surface area contributed by atoms with Gasteiger partial charge < -0.3 is 10.4 Å². The van der Waals surface area contributed by atoms with Crippen LogP contribution in [0.2, 0.25) is 0 Å². The molecule has 0 heterocycles. The first kappa shape index (κ1) is 14.0. The van der Waals surface area contributed by atoms with Gasteiger partial charge in [0.05, 0.1) is 29.5 Å². The third-order valence-electron chi connectivity index (χ3n) is 3.24. The van der Waals surface area contributed by atoms with E-state index in [1.54, 1.807) is 6.92 Å². The zero-order valence-corrected chi connectivity index (χ0v) is 11.1. The molecule has 2 aromatic carbocycles. The van der Waals surface area contributed by atoms with Crippen LogP contribution >= 0.6 is 0 Å². The van der Waals surface area contributed by atoms with Crippen LogP contribution in [0.5, 0.6) is 0 Å². The summed E-state index contributed by atoms with van der Waals surface area (Å²) >= 11 is 0. The Morgan fingerprint density at radius 3 is 2.50 bits per heavy atom. The number of aliphatic hydroxyl groups is 1. The summed E-state index contributed by atoms with van der Waals surface area (Å²) in [5.74, 6) is -0.514. The Morgan fingerprint density at radius 2 is 1.95 bits per heavy atom. The lowest BCUT2D eigenvalue weighted by molar-refractivity contribution is 0.223. The quantitative estimate of drug-likeness (QED) is 0.898. The third kappa shape index (κ3) is 2.79. The van der Waals surface area contributed by atoms with Gasteiger partial charge >= 0.3 is 0 Å². The van der Waals surface area contributed by atoms with Crippen LogP contribution in [-0.4, -0.2) is 11.7 Å². The zero-order valence-electron chi connectivity index (χ0n) is 11.1. The van der Waals surface area contributed by atoms with Gasteiger partial charge in [-0.05, 0) is 30.7 Å². The number of hydrogen-bond donors (Lipinski definition) is 2. The number of rotatable bonds is 4. The van der Waals surface area contributed by atoms with Crippen LogP contribution in [0.1, 0.15) is 18.1 Å². The lowest BCUT2D eigenvalue weighted by Crippen LogP contribution is -2.36. The van der Waals surface area contributed by atoms with E-state index >= 15 is 0 Å². The Hall–Kier alpha value is -2.38. The van der Waals surface area contributed by atoms with E-state index in [0.29, 0.717) is 0 Å². The highest BCUT2D eigenvalue weighted by atomic mass is 19.1. The molecule has 0 spiro atoms. The number of hydrogen-bond acceptors (Lipinski definition) is 3. The summed E-state index contributed by atoms with van der Waals surface area (Å²) in [6.45, 7) is 1.61. The highest BCUT2D eigenvalue weighted by Gasteiger charge is 2.26. The molecule has 0 fully saturated rings. The summed E-state index contributed by atoms with van der Waals surface area (Å²) in [7, 11) is 0. The maximum atomic E-state index is 13.9. The Bertz CT molecular complexity index is 637. The maximum absolute atomic E-state index is 13.9. The van der Waals surface area contributed by atoms with Crippen LogP contribution in [0.3, 0.4) is 0 Å². The van der Waals surface area contributed by atoms with E-state index in [2.05, 4.69) is 5.32 Å². The van der Waals surface area contributed by atoms with E-state index < -0.39 is 11.4 Å². The fraction of sp³-hybridized carbons (Fsp3) is 0.188. The molecule has 2 aromatic rings. The van der Waals surface area contributed by atoms with Gasteiger partial charge in [0.2, 0.25) is 0 Å². The van der Waals surface area contributed by atoms with E-state index in [1.165, 1.54) is 18.2 Å². The van der Waals surface area contributed by atoms with Gasteiger partial charge in [-0.1, -0.05) is 30.3 Å². The summed E-state index contributed by atoms with van der Waals surface area (Å²) in [5.41, 5.74) is 0.574.